The normalized spacial score (nSPS) is 17.0. The molecule has 32 heavy (non-hydrogen) atoms. The maximum Gasteiger partial charge on any atom is 0.326 e. The van der Waals surface area contributed by atoms with E-state index in [4.69, 9.17) is 4.74 Å². The number of halogens is 1. The van der Waals surface area contributed by atoms with E-state index in [0.29, 0.717) is 11.5 Å². The van der Waals surface area contributed by atoms with Gasteiger partial charge in [-0.1, -0.05) is 22.0 Å². The van der Waals surface area contributed by atoms with Gasteiger partial charge in [-0.3, -0.25) is 4.79 Å². The number of nitrogens with one attached hydrogen (secondary N) is 2. The summed E-state index contributed by atoms with van der Waals surface area (Å²) in [6.45, 7) is 0. The van der Waals surface area contributed by atoms with Crippen LogP contribution in [0.15, 0.2) is 47.1 Å². The van der Waals surface area contributed by atoms with Crippen LogP contribution in [0.5, 0.6) is 5.75 Å². The summed E-state index contributed by atoms with van der Waals surface area (Å²) < 4.78 is 6.31. The fourth-order valence-electron chi connectivity index (χ4n) is 4.58. The zero-order valence-corrected chi connectivity index (χ0v) is 20.1. The molecule has 0 saturated heterocycles. The zero-order valence-electron chi connectivity index (χ0n) is 17.6. The van der Waals surface area contributed by atoms with Crippen LogP contribution < -0.4 is 10.1 Å². The van der Waals surface area contributed by atoms with Gasteiger partial charge >= 0.3 is 5.97 Å². The number of benzene rings is 2. The zero-order chi connectivity index (χ0) is 22.8. The van der Waals surface area contributed by atoms with Gasteiger partial charge in [-0.05, 0) is 65.8 Å². The van der Waals surface area contributed by atoms with Crippen LogP contribution in [0.4, 0.5) is 0 Å². The first-order valence-electron chi connectivity index (χ1n) is 10.5. The SMILES string of the molecule is COc1ccc2[nH]cc(CC(NC(=O)[C@@H](CS)C3CCc4cc(Br)ccc43)C(=O)O)c2c1. The van der Waals surface area contributed by atoms with Gasteiger partial charge in [-0.15, -0.1) is 0 Å². The molecule has 6 nitrogen and oxygen atoms in total. The van der Waals surface area contributed by atoms with Crippen LogP contribution in [0, 0.1) is 5.92 Å². The number of fused-ring (bicyclic) bond motifs is 2. The molecule has 2 unspecified atom stereocenters. The van der Waals surface area contributed by atoms with Gasteiger partial charge in [-0.2, -0.15) is 12.6 Å². The summed E-state index contributed by atoms with van der Waals surface area (Å²) >= 11 is 7.94. The molecule has 0 aliphatic heterocycles. The standard InChI is InChI=1S/C24H25BrN2O4S/c1-31-16-4-7-21-19(10-16)14(11-26-21)9-22(24(29)30)27-23(28)20(12-32)18-5-2-13-8-15(25)3-6-17(13)18/h3-4,6-8,10-11,18,20,22,26,32H,2,5,9,12H2,1H3,(H,27,28)(H,29,30)/t18?,20-,22?/m0/s1. The third kappa shape index (κ3) is 4.52. The van der Waals surface area contributed by atoms with Crippen LogP contribution in [-0.2, 0) is 22.4 Å². The number of amides is 1. The highest BCUT2D eigenvalue weighted by Gasteiger charge is 2.35. The van der Waals surface area contributed by atoms with Crippen molar-refractivity contribution >= 4 is 51.3 Å². The number of carboxylic acids is 1. The number of rotatable bonds is 8. The first kappa shape index (κ1) is 22.7. The number of aryl methyl sites for hydroxylation is 1. The van der Waals surface area contributed by atoms with Crippen molar-refractivity contribution in [2.45, 2.75) is 31.2 Å². The number of hydrogen-bond acceptors (Lipinski definition) is 4. The third-order valence-electron chi connectivity index (χ3n) is 6.26. The van der Waals surface area contributed by atoms with Gasteiger partial charge in [0, 0.05) is 33.7 Å². The maximum absolute atomic E-state index is 13.2. The molecule has 4 rings (SSSR count). The fourth-order valence-corrected chi connectivity index (χ4v) is 5.41. The van der Waals surface area contributed by atoms with E-state index < -0.39 is 17.9 Å². The topological polar surface area (TPSA) is 91.4 Å². The molecule has 1 aromatic heterocycles. The lowest BCUT2D eigenvalue weighted by molar-refractivity contribution is -0.142. The lowest BCUT2D eigenvalue weighted by Crippen LogP contribution is -2.46. The lowest BCUT2D eigenvalue weighted by atomic mass is 9.87. The Labute approximate surface area is 200 Å². The monoisotopic (exact) mass is 516 g/mol. The van der Waals surface area contributed by atoms with E-state index in [0.717, 1.165) is 39.3 Å². The van der Waals surface area contributed by atoms with E-state index in [-0.39, 0.29) is 18.2 Å². The molecule has 0 fully saturated rings. The molecule has 1 aliphatic rings. The Morgan fingerprint density at radius 3 is 2.84 bits per heavy atom. The molecule has 0 radical (unpaired) electrons. The maximum atomic E-state index is 13.2. The number of aliphatic carboxylic acids is 1. The van der Waals surface area contributed by atoms with Crippen molar-refractivity contribution in [2.24, 2.45) is 5.92 Å². The summed E-state index contributed by atoms with van der Waals surface area (Å²) in [5, 5.41) is 13.5. The number of carbonyl (C=O) groups excluding carboxylic acids is 1. The predicted octanol–water partition coefficient (Wildman–Crippen LogP) is 4.33. The second kappa shape index (κ2) is 9.58. The lowest BCUT2D eigenvalue weighted by Gasteiger charge is -2.24. The van der Waals surface area contributed by atoms with Crippen LogP contribution in [-0.4, -0.2) is 40.9 Å². The van der Waals surface area contributed by atoms with Gasteiger partial charge in [0.05, 0.1) is 13.0 Å². The van der Waals surface area contributed by atoms with Crippen LogP contribution >= 0.6 is 28.6 Å². The highest BCUT2D eigenvalue weighted by molar-refractivity contribution is 9.10. The molecule has 168 valence electrons. The summed E-state index contributed by atoms with van der Waals surface area (Å²) in [4.78, 5) is 28.4. The minimum Gasteiger partial charge on any atom is -0.497 e. The van der Waals surface area contributed by atoms with Crippen molar-refractivity contribution in [2.75, 3.05) is 12.9 Å². The minimum atomic E-state index is -1.07. The third-order valence-corrected chi connectivity index (χ3v) is 7.15. The number of aromatic amines is 1. The Morgan fingerprint density at radius 2 is 2.12 bits per heavy atom. The van der Waals surface area contributed by atoms with Gasteiger partial charge in [0.25, 0.3) is 0 Å². The summed E-state index contributed by atoms with van der Waals surface area (Å²) in [5.74, 6) is -0.665. The number of carboxylic acid groups (broad SMARTS) is 1. The van der Waals surface area contributed by atoms with Gasteiger partial charge in [0.15, 0.2) is 0 Å². The molecule has 2 aromatic carbocycles. The van der Waals surface area contributed by atoms with Crippen molar-refractivity contribution in [1.82, 2.24) is 10.3 Å². The van der Waals surface area contributed by atoms with Crippen LogP contribution in [0.1, 0.15) is 29.0 Å². The first-order chi connectivity index (χ1) is 15.4. The molecular formula is C24H25BrN2O4S. The number of methoxy groups -OCH3 is 1. The number of carbonyl (C=O) groups is 2. The predicted molar refractivity (Wildman–Crippen MR) is 131 cm³/mol. The molecule has 8 heteroatoms. The Morgan fingerprint density at radius 1 is 1.31 bits per heavy atom. The van der Waals surface area contributed by atoms with Gasteiger partial charge < -0.3 is 20.1 Å². The average molecular weight is 517 g/mol. The van der Waals surface area contributed by atoms with Crippen molar-refractivity contribution in [3.05, 3.63) is 63.8 Å². The highest BCUT2D eigenvalue weighted by atomic mass is 79.9. The quantitative estimate of drug-likeness (QED) is 0.335. The number of H-pyrrole nitrogens is 1. The number of aromatic nitrogens is 1. The molecule has 1 amide bonds. The molecule has 1 aliphatic carbocycles. The average Bonchev–Trinajstić information content (AvgIpc) is 3.37. The summed E-state index contributed by atoms with van der Waals surface area (Å²) in [6, 6.07) is 10.7. The number of ether oxygens (including phenoxy) is 1. The van der Waals surface area contributed by atoms with E-state index >= 15 is 0 Å². The second-order valence-electron chi connectivity index (χ2n) is 8.11. The summed E-state index contributed by atoms with van der Waals surface area (Å²) in [7, 11) is 1.59. The van der Waals surface area contributed by atoms with Crippen LogP contribution in [0.25, 0.3) is 10.9 Å². The molecule has 3 N–H and O–H groups in total. The van der Waals surface area contributed by atoms with E-state index in [9.17, 15) is 14.7 Å². The largest absolute Gasteiger partial charge is 0.497 e. The molecule has 3 aromatic rings. The van der Waals surface area contributed by atoms with E-state index in [1.165, 1.54) is 5.56 Å². The number of thiol groups is 1. The number of hydrogen-bond donors (Lipinski definition) is 4. The van der Waals surface area contributed by atoms with Crippen molar-refractivity contribution in [3.63, 3.8) is 0 Å². The van der Waals surface area contributed by atoms with E-state index in [1.807, 2.05) is 24.3 Å². The molecule has 0 spiro atoms. The first-order valence-corrected chi connectivity index (χ1v) is 11.9. The highest BCUT2D eigenvalue weighted by Crippen LogP contribution is 2.40. The van der Waals surface area contributed by atoms with Gasteiger partial charge in [0.1, 0.15) is 11.8 Å². The van der Waals surface area contributed by atoms with E-state index in [2.05, 4.69) is 51.0 Å². The summed E-state index contributed by atoms with van der Waals surface area (Å²) in [6.07, 6.45) is 3.70. The summed E-state index contributed by atoms with van der Waals surface area (Å²) in [5.41, 5.74) is 4.08. The van der Waals surface area contributed by atoms with Crippen molar-refractivity contribution < 1.29 is 19.4 Å². The molecule has 0 bridgehead atoms. The molecule has 1 heterocycles. The van der Waals surface area contributed by atoms with Crippen molar-refractivity contribution in [1.29, 1.82) is 0 Å². The van der Waals surface area contributed by atoms with Crippen molar-refractivity contribution in [3.8, 4) is 5.75 Å². The Balaban J connectivity index is 1.53. The Kier molecular flexibility index (Phi) is 6.81. The Hall–Kier alpha value is -2.45. The Bertz CT molecular complexity index is 1160. The smallest absolute Gasteiger partial charge is 0.326 e. The minimum absolute atomic E-state index is 0.0300. The molecular weight excluding hydrogens is 492 g/mol. The van der Waals surface area contributed by atoms with Crippen LogP contribution in [0.3, 0.4) is 0 Å². The molecule has 0 saturated carbocycles. The fraction of sp³-hybridized carbons (Fsp3) is 0.333. The van der Waals surface area contributed by atoms with E-state index in [1.54, 1.807) is 13.3 Å². The van der Waals surface area contributed by atoms with Gasteiger partial charge in [0.2, 0.25) is 5.91 Å². The molecule has 3 atom stereocenters. The van der Waals surface area contributed by atoms with Crippen LogP contribution in [0.2, 0.25) is 0 Å². The van der Waals surface area contributed by atoms with Gasteiger partial charge in [-0.25, -0.2) is 4.79 Å². The second-order valence-corrected chi connectivity index (χ2v) is 9.39.